The van der Waals surface area contributed by atoms with Crippen molar-refractivity contribution in [1.29, 1.82) is 0 Å². The standard InChI is InChI=1S/C18H13ClN4OS/c1-11-2-4-12(5-3-11)15-10-25-18-21-17(22-23(15)18)20-16(24)13-6-8-14(19)9-7-13/h2-10H,1H3,(H,20,22,24). The molecule has 0 saturated heterocycles. The maximum atomic E-state index is 12.3. The number of carbonyl (C=O) groups excluding carboxylic acids is 1. The molecular weight excluding hydrogens is 356 g/mol. The van der Waals surface area contributed by atoms with Crippen LogP contribution in [0.5, 0.6) is 0 Å². The van der Waals surface area contributed by atoms with Crippen molar-refractivity contribution < 1.29 is 4.79 Å². The zero-order chi connectivity index (χ0) is 17.4. The summed E-state index contributed by atoms with van der Waals surface area (Å²) in [6, 6.07) is 14.9. The average Bonchev–Trinajstić information content (AvgIpc) is 3.16. The van der Waals surface area contributed by atoms with E-state index in [0.717, 1.165) is 16.2 Å². The molecular formula is C18H13ClN4OS. The second-order valence-electron chi connectivity index (χ2n) is 5.58. The molecule has 2 aromatic carbocycles. The molecule has 0 aliphatic carbocycles. The third kappa shape index (κ3) is 3.14. The van der Waals surface area contributed by atoms with Crippen LogP contribution in [0.15, 0.2) is 53.9 Å². The van der Waals surface area contributed by atoms with Crippen LogP contribution in [0.3, 0.4) is 0 Å². The summed E-state index contributed by atoms with van der Waals surface area (Å²) < 4.78 is 1.74. The van der Waals surface area contributed by atoms with Gasteiger partial charge in [-0.1, -0.05) is 41.4 Å². The summed E-state index contributed by atoms with van der Waals surface area (Å²) in [5.41, 5.74) is 3.70. The van der Waals surface area contributed by atoms with Gasteiger partial charge in [-0.25, -0.2) is 4.52 Å². The van der Waals surface area contributed by atoms with E-state index in [9.17, 15) is 4.79 Å². The SMILES string of the molecule is Cc1ccc(-c2csc3nc(NC(=O)c4ccc(Cl)cc4)nn23)cc1. The molecule has 0 fully saturated rings. The van der Waals surface area contributed by atoms with E-state index in [1.54, 1.807) is 28.8 Å². The van der Waals surface area contributed by atoms with Gasteiger partial charge in [0.2, 0.25) is 4.96 Å². The molecule has 124 valence electrons. The van der Waals surface area contributed by atoms with Gasteiger partial charge in [-0.3, -0.25) is 10.1 Å². The number of hydrogen-bond acceptors (Lipinski definition) is 4. The molecule has 0 aliphatic rings. The van der Waals surface area contributed by atoms with E-state index in [-0.39, 0.29) is 11.9 Å². The molecule has 4 aromatic rings. The van der Waals surface area contributed by atoms with Crippen LogP contribution in [0.25, 0.3) is 16.2 Å². The number of nitrogens with one attached hydrogen (secondary N) is 1. The molecule has 7 heteroatoms. The summed E-state index contributed by atoms with van der Waals surface area (Å²) in [7, 11) is 0. The fraction of sp³-hybridized carbons (Fsp3) is 0.0556. The molecule has 0 spiro atoms. The molecule has 2 aromatic heterocycles. The van der Waals surface area contributed by atoms with Gasteiger partial charge in [-0.2, -0.15) is 4.98 Å². The summed E-state index contributed by atoms with van der Waals surface area (Å²) in [6.45, 7) is 2.05. The Bertz CT molecular complexity index is 1050. The number of benzene rings is 2. The van der Waals surface area contributed by atoms with Gasteiger partial charge in [-0.15, -0.1) is 16.4 Å². The molecule has 0 bridgehead atoms. The predicted molar refractivity (Wildman–Crippen MR) is 100 cm³/mol. The largest absolute Gasteiger partial charge is 0.289 e. The number of halogens is 1. The molecule has 0 saturated carbocycles. The highest BCUT2D eigenvalue weighted by atomic mass is 35.5. The first-order valence-electron chi connectivity index (χ1n) is 7.58. The number of nitrogens with zero attached hydrogens (tertiary/aromatic N) is 3. The molecule has 0 unspecified atom stereocenters. The van der Waals surface area contributed by atoms with E-state index in [2.05, 4.69) is 27.5 Å². The lowest BCUT2D eigenvalue weighted by molar-refractivity contribution is 0.102. The zero-order valence-corrected chi connectivity index (χ0v) is 14.8. The van der Waals surface area contributed by atoms with E-state index in [0.29, 0.717) is 10.6 Å². The molecule has 25 heavy (non-hydrogen) atoms. The maximum absolute atomic E-state index is 12.3. The first-order valence-corrected chi connectivity index (χ1v) is 8.84. The van der Waals surface area contributed by atoms with Crippen molar-refractivity contribution in [3.63, 3.8) is 0 Å². The Kier molecular flexibility index (Phi) is 3.99. The third-order valence-electron chi connectivity index (χ3n) is 3.76. The van der Waals surface area contributed by atoms with E-state index in [1.807, 2.05) is 24.4 Å². The van der Waals surface area contributed by atoms with Crippen LogP contribution in [0, 0.1) is 6.92 Å². The van der Waals surface area contributed by atoms with Crippen molar-refractivity contribution >= 4 is 39.8 Å². The lowest BCUT2D eigenvalue weighted by atomic mass is 10.1. The Morgan fingerprint density at radius 2 is 1.84 bits per heavy atom. The van der Waals surface area contributed by atoms with Gasteiger partial charge >= 0.3 is 0 Å². The number of amides is 1. The smallest absolute Gasteiger partial charge is 0.258 e. The Morgan fingerprint density at radius 3 is 2.56 bits per heavy atom. The topological polar surface area (TPSA) is 59.3 Å². The van der Waals surface area contributed by atoms with Gasteiger partial charge in [0, 0.05) is 21.5 Å². The van der Waals surface area contributed by atoms with E-state index < -0.39 is 0 Å². The van der Waals surface area contributed by atoms with Gasteiger partial charge in [0.15, 0.2) is 0 Å². The van der Waals surface area contributed by atoms with Crippen LogP contribution in [0.4, 0.5) is 5.95 Å². The summed E-state index contributed by atoms with van der Waals surface area (Å²) in [5, 5.41) is 9.72. The van der Waals surface area contributed by atoms with Crippen molar-refractivity contribution in [2.45, 2.75) is 6.92 Å². The fourth-order valence-electron chi connectivity index (χ4n) is 2.43. The molecule has 0 aliphatic heterocycles. The van der Waals surface area contributed by atoms with Gasteiger partial charge in [-0.05, 0) is 31.2 Å². The van der Waals surface area contributed by atoms with Crippen LogP contribution >= 0.6 is 22.9 Å². The Balaban J connectivity index is 1.62. The van der Waals surface area contributed by atoms with E-state index in [1.165, 1.54) is 16.9 Å². The Hall–Kier alpha value is -2.70. The van der Waals surface area contributed by atoms with Crippen molar-refractivity contribution in [3.05, 3.63) is 70.1 Å². The van der Waals surface area contributed by atoms with E-state index >= 15 is 0 Å². The van der Waals surface area contributed by atoms with Crippen molar-refractivity contribution in [2.24, 2.45) is 0 Å². The quantitative estimate of drug-likeness (QED) is 0.571. The molecule has 4 rings (SSSR count). The molecule has 0 radical (unpaired) electrons. The number of fused-ring (bicyclic) bond motifs is 1. The number of hydrogen-bond donors (Lipinski definition) is 1. The molecule has 0 atom stereocenters. The van der Waals surface area contributed by atoms with Gasteiger partial charge in [0.1, 0.15) is 0 Å². The summed E-state index contributed by atoms with van der Waals surface area (Å²) >= 11 is 7.32. The van der Waals surface area contributed by atoms with Gasteiger partial charge in [0.25, 0.3) is 11.9 Å². The van der Waals surface area contributed by atoms with Crippen LogP contribution in [0.2, 0.25) is 5.02 Å². The fourth-order valence-corrected chi connectivity index (χ4v) is 3.39. The first-order chi connectivity index (χ1) is 12.1. The maximum Gasteiger partial charge on any atom is 0.258 e. The van der Waals surface area contributed by atoms with Crippen molar-refractivity contribution in [2.75, 3.05) is 5.32 Å². The lowest BCUT2D eigenvalue weighted by Crippen LogP contribution is -2.13. The Morgan fingerprint density at radius 1 is 1.12 bits per heavy atom. The highest BCUT2D eigenvalue weighted by Gasteiger charge is 2.14. The van der Waals surface area contributed by atoms with Gasteiger partial charge in [0.05, 0.1) is 5.69 Å². The van der Waals surface area contributed by atoms with Crippen LogP contribution in [0.1, 0.15) is 15.9 Å². The highest BCUT2D eigenvalue weighted by molar-refractivity contribution is 7.15. The highest BCUT2D eigenvalue weighted by Crippen LogP contribution is 2.26. The summed E-state index contributed by atoms with van der Waals surface area (Å²) in [6.07, 6.45) is 0. The Labute approximate surface area is 152 Å². The zero-order valence-electron chi connectivity index (χ0n) is 13.2. The molecule has 1 amide bonds. The number of rotatable bonds is 3. The van der Waals surface area contributed by atoms with Crippen molar-refractivity contribution in [3.8, 4) is 11.3 Å². The number of anilines is 1. The normalized spacial score (nSPS) is 11.0. The van der Waals surface area contributed by atoms with Crippen LogP contribution in [-0.4, -0.2) is 20.5 Å². The number of aromatic nitrogens is 3. The molecule has 2 heterocycles. The minimum absolute atomic E-state index is 0.271. The van der Waals surface area contributed by atoms with Crippen molar-refractivity contribution in [1.82, 2.24) is 14.6 Å². The summed E-state index contributed by atoms with van der Waals surface area (Å²) in [5.74, 6) is 0.00645. The summed E-state index contributed by atoms with van der Waals surface area (Å²) in [4.78, 5) is 17.4. The average molecular weight is 369 g/mol. The number of thiazole rings is 1. The minimum Gasteiger partial charge on any atom is -0.289 e. The minimum atomic E-state index is -0.271. The monoisotopic (exact) mass is 368 g/mol. The predicted octanol–water partition coefficient (Wildman–Crippen LogP) is 4.67. The molecule has 1 N–H and O–H groups in total. The number of carbonyl (C=O) groups is 1. The van der Waals surface area contributed by atoms with Crippen LogP contribution < -0.4 is 5.32 Å². The van der Waals surface area contributed by atoms with E-state index in [4.69, 9.17) is 11.6 Å². The first kappa shape index (κ1) is 15.8. The lowest BCUT2D eigenvalue weighted by Gasteiger charge is -2.01. The van der Waals surface area contributed by atoms with Crippen LogP contribution in [-0.2, 0) is 0 Å². The van der Waals surface area contributed by atoms with Gasteiger partial charge < -0.3 is 0 Å². The second kappa shape index (κ2) is 6.31. The second-order valence-corrected chi connectivity index (χ2v) is 6.85. The number of aryl methyl sites for hydroxylation is 1. The third-order valence-corrected chi connectivity index (χ3v) is 4.83. The molecule has 5 nitrogen and oxygen atoms in total.